The molecule has 0 amide bonds. The average molecular weight is 579 g/mol. The van der Waals surface area contributed by atoms with E-state index in [1.807, 2.05) is 12.1 Å². The summed E-state index contributed by atoms with van der Waals surface area (Å²) in [5, 5.41) is 8.67. The first-order valence-corrected chi connectivity index (χ1v) is 17.0. The van der Waals surface area contributed by atoms with Crippen molar-refractivity contribution in [3.8, 4) is 0 Å². The molecule has 0 bridgehead atoms. The summed E-state index contributed by atoms with van der Waals surface area (Å²) < 4.78 is 0. The molecule has 0 spiro atoms. The summed E-state index contributed by atoms with van der Waals surface area (Å²) in [5.41, 5.74) is 3.00. The highest BCUT2D eigenvalue weighted by Gasteiger charge is 2.06. The van der Waals surface area contributed by atoms with E-state index in [1.54, 1.807) is 37.5 Å². The van der Waals surface area contributed by atoms with Gasteiger partial charge < -0.3 is 17.5 Å². The average Bonchev–Trinajstić information content (AvgIpc) is 2.98. The van der Waals surface area contributed by atoms with E-state index in [4.69, 9.17) is 5.11 Å². The van der Waals surface area contributed by atoms with E-state index < -0.39 is 5.97 Å². The predicted molar refractivity (Wildman–Crippen MR) is 175 cm³/mol. The molecule has 0 heterocycles. The first-order valence-electron chi connectivity index (χ1n) is 15.1. The van der Waals surface area contributed by atoms with Crippen molar-refractivity contribution in [3.05, 3.63) is 78.2 Å². The Morgan fingerprint density at radius 1 is 0.692 bits per heavy atom. The van der Waals surface area contributed by atoms with Crippen LogP contribution < -0.4 is 12.4 Å². The van der Waals surface area contributed by atoms with Crippen molar-refractivity contribution >= 4 is 13.9 Å². The predicted octanol–water partition coefficient (Wildman–Crippen LogP) is 8.81. The SMILES string of the molecule is CCC(C)c1ccc(C(=O)O)cc1.CCC(C)c1ccccc1.CCCCP(CCCC)CCCC.[CH2+]C.[Cl-]. The van der Waals surface area contributed by atoms with Crippen LogP contribution in [0, 0.1) is 6.92 Å². The summed E-state index contributed by atoms with van der Waals surface area (Å²) in [7, 11) is 0.422. The second-order valence-electron chi connectivity index (χ2n) is 9.86. The summed E-state index contributed by atoms with van der Waals surface area (Å²) >= 11 is 0. The number of rotatable bonds is 14. The third-order valence-corrected chi connectivity index (χ3v) is 9.65. The van der Waals surface area contributed by atoms with E-state index in [-0.39, 0.29) is 12.4 Å². The molecular formula is C35H60ClO2P. The number of halogens is 1. The maximum atomic E-state index is 10.6. The van der Waals surface area contributed by atoms with Crippen molar-refractivity contribution in [1.82, 2.24) is 0 Å². The molecule has 2 nitrogen and oxygen atoms in total. The van der Waals surface area contributed by atoms with Gasteiger partial charge in [-0.3, -0.25) is 0 Å². The first-order chi connectivity index (χ1) is 18.3. The second kappa shape index (κ2) is 29.5. The zero-order valence-electron chi connectivity index (χ0n) is 26.5. The minimum Gasteiger partial charge on any atom is -1.00 e. The number of hydrogen-bond donors (Lipinski definition) is 1. The number of unbranched alkanes of at least 4 members (excludes halogenated alkanes) is 3. The Morgan fingerprint density at radius 2 is 1.05 bits per heavy atom. The summed E-state index contributed by atoms with van der Waals surface area (Å²) in [5.74, 6) is 0.347. The maximum absolute atomic E-state index is 10.6. The van der Waals surface area contributed by atoms with Crippen LogP contribution in [-0.2, 0) is 0 Å². The molecule has 2 unspecified atom stereocenters. The Morgan fingerprint density at radius 3 is 1.36 bits per heavy atom. The normalized spacial score (nSPS) is 11.3. The number of carbonyl (C=O) groups is 1. The molecule has 0 saturated heterocycles. The highest BCUT2D eigenvalue weighted by molar-refractivity contribution is 7.57. The van der Waals surface area contributed by atoms with Gasteiger partial charge >= 0.3 is 5.97 Å². The molecule has 1 N–H and O–H groups in total. The smallest absolute Gasteiger partial charge is 0.335 e. The third kappa shape index (κ3) is 21.9. The molecule has 0 aromatic heterocycles. The standard InChI is InChI=1S/C12H27P.C11H14O2.C10H14.C2H5.ClH/c1-4-7-10-13(11-8-5-2)12-9-6-3;1-3-8(2)9-4-6-10(7-5-9)11(12)13;1-3-9(2)10-7-5-4-6-8-10;1-2;/h4-12H2,1-3H3;4-8H,3H2,1-2H3,(H,12,13);4-9H,3H2,1-2H3;1H2,2H3;1H/q;;;+1;/p-1. The van der Waals surface area contributed by atoms with Gasteiger partial charge in [-0.1, -0.05) is 110 Å². The van der Waals surface area contributed by atoms with Gasteiger partial charge in [-0.2, -0.15) is 0 Å². The highest BCUT2D eigenvalue weighted by Crippen LogP contribution is 2.38. The van der Waals surface area contributed by atoms with Crippen LogP contribution >= 0.6 is 7.92 Å². The van der Waals surface area contributed by atoms with Crippen molar-refractivity contribution in [2.75, 3.05) is 18.5 Å². The quantitative estimate of drug-likeness (QED) is 0.180. The van der Waals surface area contributed by atoms with Gasteiger partial charge in [0.2, 0.25) is 0 Å². The zero-order valence-corrected chi connectivity index (χ0v) is 28.2. The lowest BCUT2D eigenvalue weighted by Crippen LogP contribution is -3.00. The molecule has 2 atom stereocenters. The molecule has 0 radical (unpaired) electrons. The van der Waals surface area contributed by atoms with Crippen LogP contribution in [-0.4, -0.2) is 29.6 Å². The van der Waals surface area contributed by atoms with E-state index in [2.05, 4.69) is 85.7 Å². The van der Waals surface area contributed by atoms with Gasteiger partial charge in [-0.05, 0) is 85.7 Å². The minimum atomic E-state index is -0.865. The van der Waals surface area contributed by atoms with Gasteiger partial charge in [-0.25, -0.2) is 4.79 Å². The Bertz CT molecular complexity index is 745. The van der Waals surface area contributed by atoms with Crippen molar-refractivity contribution in [2.24, 2.45) is 0 Å². The highest BCUT2D eigenvalue weighted by atomic mass is 35.5. The number of carboxylic acid groups (broad SMARTS) is 1. The van der Waals surface area contributed by atoms with Crippen LogP contribution in [0.2, 0.25) is 0 Å². The number of aromatic carboxylic acids is 1. The molecule has 0 fully saturated rings. The van der Waals surface area contributed by atoms with Crippen molar-refractivity contribution in [3.63, 3.8) is 0 Å². The number of carboxylic acids is 1. The molecule has 0 aliphatic heterocycles. The van der Waals surface area contributed by atoms with Gasteiger partial charge in [0.25, 0.3) is 0 Å². The fourth-order valence-electron chi connectivity index (χ4n) is 3.69. The van der Waals surface area contributed by atoms with Gasteiger partial charge in [0, 0.05) is 0 Å². The third-order valence-electron chi connectivity index (χ3n) is 6.80. The molecule has 2 aromatic carbocycles. The first kappa shape index (κ1) is 42.0. The minimum absolute atomic E-state index is 0. The number of hydrogen-bond acceptors (Lipinski definition) is 1. The summed E-state index contributed by atoms with van der Waals surface area (Å²) in [4.78, 5) is 10.6. The summed E-state index contributed by atoms with van der Waals surface area (Å²) in [6.45, 7) is 20.7. The topological polar surface area (TPSA) is 37.3 Å². The lowest BCUT2D eigenvalue weighted by Gasteiger charge is -2.16. The lowest BCUT2D eigenvalue weighted by molar-refractivity contribution is -0.0000239. The van der Waals surface area contributed by atoms with Crippen LogP contribution in [0.4, 0.5) is 0 Å². The fourth-order valence-corrected chi connectivity index (χ4v) is 6.65. The monoisotopic (exact) mass is 578 g/mol. The molecule has 224 valence electrons. The van der Waals surface area contributed by atoms with Crippen molar-refractivity contribution < 1.29 is 22.3 Å². The van der Waals surface area contributed by atoms with Crippen LogP contribution in [0.15, 0.2) is 54.6 Å². The van der Waals surface area contributed by atoms with Crippen LogP contribution in [0.1, 0.15) is 140 Å². The second-order valence-corrected chi connectivity index (χ2v) is 12.5. The maximum Gasteiger partial charge on any atom is 0.335 e. The van der Waals surface area contributed by atoms with Gasteiger partial charge in [0.05, 0.1) is 19.4 Å². The van der Waals surface area contributed by atoms with E-state index in [0.717, 1.165) is 6.42 Å². The largest absolute Gasteiger partial charge is 1.00 e. The number of benzene rings is 2. The Labute approximate surface area is 251 Å². The zero-order chi connectivity index (χ0) is 29.2. The Balaban J connectivity index is -0.000000480. The van der Waals surface area contributed by atoms with Crippen molar-refractivity contribution in [1.29, 1.82) is 0 Å². The van der Waals surface area contributed by atoms with Crippen LogP contribution in [0.3, 0.4) is 0 Å². The van der Waals surface area contributed by atoms with Gasteiger partial charge in [0.15, 0.2) is 0 Å². The molecule has 2 rings (SSSR count). The Kier molecular flexibility index (Phi) is 31.7. The summed E-state index contributed by atoms with van der Waals surface area (Å²) in [6.07, 6.45) is 15.5. The molecular weight excluding hydrogens is 519 g/mol. The molecule has 4 heteroatoms. The van der Waals surface area contributed by atoms with E-state index >= 15 is 0 Å². The molecule has 0 aliphatic rings. The van der Waals surface area contributed by atoms with Crippen LogP contribution in [0.25, 0.3) is 0 Å². The van der Waals surface area contributed by atoms with E-state index in [9.17, 15) is 4.79 Å². The van der Waals surface area contributed by atoms with Crippen LogP contribution in [0.5, 0.6) is 0 Å². The van der Waals surface area contributed by atoms with Crippen molar-refractivity contribution in [2.45, 2.75) is 119 Å². The molecule has 2 aromatic rings. The van der Waals surface area contributed by atoms with Gasteiger partial charge in [-0.15, -0.1) is 7.92 Å². The van der Waals surface area contributed by atoms with Gasteiger partial charge in [0.1, 0.15) is 0 Å². The Hall–Kier alpha value is -1.50. The molecule has 39 heavy (non-hydrogen) atoms. The molecule has 0 saturated carbocycles. The summed E-state index contributed by atoms with van der Waals surface area (Å²) in [6, 6.07) is 17.7. The van der Waals surface area contributed by atoms with E-state index in [0.29, 0.717) is 25.3 Å². The van der Waals surface area contributed by atoms with E-state index in [1.165, 1.54) is 56.1 Å². The lowest BCUT2D eigenvalue weighted by atomic mass is 9.98. The fraction of sp³-hybridized carbons (Fsp3) is 0.600. The molecule has 0 aliphatic carbocycles.